The SMILES string of the molecule is CCN1CCCC1CNc1cc(NS(=O)(=O)c2c(C)nn(C)c2Cl)cc2ccoc12.Cl. The van der Waals surface area contributed by atoms with E-state index in [4.69, 9.17) is 16.0 Å². The molecular weight excluding hydrogens is 461 g/mol. The first-order valence-corrected chi connectivity index (χ1v) is 11.9. The first-order valence-electron chi connectivity index (χ1n) is 10.0. The molecule has 170 valence electrons. The van der Waals surface area contributed by atoms with Crippen molar-refractivity contribution < 1.29 is 12.8 Å². The van der Waals surface area contributed by atoms with Gasteiger partial charge in [0.25, 0.3) is 10.0 Å². The molecule has 31 heavy (non-hydrogen) atoms. The van der Waals surface area contributed by atoms with Gasteiger partial charge >= 0.3 is 0 Å². The minimum Gasteiger partial charge on any atom is -0.462 e. The number of hydrogen-bond donors (Lipinski definition) is 2. The van der Waals surface area contributed by atoms with E-state index >= 15 is 0 Å². The van der Waals surface area contributed by atoms with Crippen molar-refractivity contribution in [2.24, 2.45) is 7.05 Å². The number of benzene rings is 1. The number of nitrogens with one attached hydrogen (secondary N) is 2. The molecule has 11 heteroatoms. The number of anilines is 2. The Morgan fingerprint density at radius 2 is 2.13 bits per heavy atom. The highest BCUT2D eigenvalue weighted by Gasteiger charge is 2.26. The van der Waals surface area contributed by atoms with Crippen LogP contribution in [-0.4, -0.2) is 48.8 Å². The number of hydrogen-bond acceptors (Lipinski definition) is 6. The number of rotatable bonds is 7. The minimum absolute atomic E-state index is 0. The molecule has 1 saturated heterocycles. The van der Waals surface area contributed by atoms with Gasteiger partial charge in [0.05, 0.1) is 23.3 Å². The number of halogens is 2. The van der Waals surface area contributed by atoms with Crippen molar-refractivity contribution in [2.45, 2.75) is 37.6 Å². The number of aromatic nitrogens is 2. The van der Waals surface area contributed by atoms with Crippen molar-refractivity contribution in [3.05, 3.63) is 35.3 Å². The van der Waals surface area contributed by atoms with Gasteiger partial charge in [-0.15, -0.1) is 12.4 Å². The Bertz CT molecular complexity index is 1180. The Morgan fingerprint density at radius 1 is 1.35 bits per heavy atom. The largest absolute Gasteiger partial charge is 0.462 e. The maximum atomic E-state index is 13.0. The van der Waals surface area contributed by atoms with Gasteiger partial charge in [0, 0.05) is 25.0 Å². The zero-order valence-electron chi connectivity index (χ0n) is 17.7. The zero-order valence-corrected chi connectivity index (χ0v) is 20.1. The second-order valence-corrected chi connectivity index (χ2v) is 9.58. The standard InChI is InChI=1S/C20H26ClN5O3S.ClH/c1-4-26-8-5-6-16(26)12-22-17-11-15(10-14-7-9-29-18(14)17)24-30(27,28)19-13(2)23-25(3)20(19)21;/h7,9-11,16,22,24H,4-6,8,12H2,1-3H3;1H. The van der Waals surface area contributed by atoms with Crippen LogP contribution in [0.3, 0.4) is 0 Å². The van der Waals surface area contributed by atoms with Crippen LogP contribution in [0.2, 0.25) is 5.15 Å². The number of aryl methyl sites for hydroxylation is 2. The Balaban J connectivity index is 0.00000272. The van der Waals surface area contributed by atoms with E-state index in [0.717, 1.165) is 37.1 Å². The van der Waals surface area contributed by atoms with Crippen LogP contribution in [0.1, 0.15) is 25.5 Å². The number of nitrogens with zero attached hydrogens (tertiary/aromatic N) is 3. The molecule has 1 fully saturated rings. The quantitative estimate of drug-likeness (QED) is 0.517. The molecule has 2 aromatic heterocycles. The van der Waals surface area contributed by atoms with E-state index in [9.17, 15) is 8.42 Å². The molecule has 0 bridgehead atoms. The van der Waals surface area contributed by atoms with Crippen molar-refractivity contribution in [1.82, 2.24) is 14.7 Å². The summed E-state index contributed by atoms with van der Waals surface area (Å²) in [7, 11) is -2.29. The van der Waals surface area contributed by atoms with Crippen molar-refractivity contribution in [1.29, 1.82) is 0 Å². The first kappa shape index (κ1) is 23.7. The van der Waals surface area contributed by atoms with Crippen LogP contribution in [0, 0.1) is 6.92 Å². The smallest absolute Gasteiger partial charge is 0.266 e. The topological polar surface area (TPSA) is 92.4 Å². The van der Waals surface area contributed by atoms with Crippen LogP contribution in [0.4, 0.5) is 11.4 Å². The molecule has 2 N–H and O–H groups in total. The molecule has 1 aromatic carbocycles. The highest BCUT2D eigenvalue weighted by molar-refractivity contribution is 7.92. The van der Waals surface area contributed by atoms with Crippen LogP contribution in [-0.2, 0) is 17.1 Å². The molecule has 8 nitrogen and oxygen atoms in total. The van der Waals surface area contributed by atoms with E-state index in [-0.39, 0.29) is 22.5 Å². The van der Waals surface area contributed by atoms with Gasteiger partial charge in [0.1, 0.15) is 10.0 Å². The van der Waals surface area contributed by atoms with Crippen molar-refractivity contribution in [2.75, 3.05) is 29.7 Å². The van der Waals surface area contributed by atoms with Crippen molar-refractivity contribution in [3.63, 3.8) is 0 Å². The molecule has 0 saturated carbocycles. The summed E-state index contributed by atoms with van der Waals surface area (Å²) in [5.74, 6) is 0. The Labute approximate surface area is 193 Å². The molecule has 0 aliphatic carbocycles. The zero-order chi connectivity index (χ0) is 21.5. The van der Waals surface area contributed by atoms with Gasteiger partial charge in [-0.05, 0) is 51.1 Å². The van der Waals surface area contributed by atoms with E-state index in [1.165, 1.54) is 11.1 Å². The number of likely N-dealkylation sites (N-methyl/N-ethyl adjacent to an activating group) is 1. The maximum Gasteiger partial charge on any atom is 0.266 e. The van der Waals surface area contributed by atoms with E-state index in [2.05, 4.69) is 27.0 Å². The fourth-order valence-electron chi connectivity index (χ4n) is 4.16. The Hall–Kier alpha value is -1.94. The number of furan rings is 1. The molecule has 1 atom stereocenters. The highest BCUT2D eigenvalue weighted by Crippen LogP contribution is 2.32. The molecule has 0 amide bonds. The molecule has 4 rings (SSSR count). The lowest BCUT2D eigenvalue weighted by atomic mass is 10.2. The number of sulfonamides is 1. The highest BCUT2D eigenvalue weighted by atomic mass is 35.5. The second kappa shape index (κ2) is 9.28. The Kier molecular flexibility index (Phi) is 7.10. The van der Waals surface area contributed by atoms with Gasteiger partial charge in [-0.2, -0.15) is 5.10 Å². The third-order valence-electron chi connectivity index (χ3n) is 5.61. The average Bonchev–Trinajstić information content (AvgIpc) is 3.39. The molecule has 3 heterocycles. The van der Waals surface area contributed by atoms with Gasteiger partial charge in [-0.3, -0.25) is 14.3 Å². The van der Waals surface area contributed by atoms with Gasteiger partial charge in [-0.1, -0.05) is 18.5 Å². The molecule has 3 aromatic rings. The van der Waals surface area contributed by atoms with Gasteiger partial charge in [0.15, 0.2) is 5.58 Å². The summed E-state index contributed by atoms with van der Waals surface area (Å²) in [4.78, 5) is 2.43. The second-order valence-electron chi connectivity index (χ2n) is 7.60. The maximum absolute atomic E-state index is 13.0. The lowest BCUT2D eigenvalue weighted by molar-refractivity contribution is 0.277. The van der Waals surface area contributed by atoms with Crippen molar-refractivity contribution in [3.8, 4) is 0 Å². The molecular formula is C20H27Cl2N5O3S. The fraction of sp³-hybridized carbons (Fsp3) is 0.450. The molecule has 1 aliphatic heterocycles. The lowest BCUT2D eigenvalue weighted by Gasteiger charge is -2.23. The lowest BCUT2D eigenvalue weighted by Crippen LogP contribution is -2.34. The van der Waals surface area contributed by atoms with Crippen LogP contribution in [0.15, 0.2) is 33.8 Å². The van der Waals surface area contributed by atoms with Crippen molar-refractivity contribution >= 4 is 56.4 Å². The summed E-state index contributed by atoms with van der Waals surface area (Å²) in [6, 6.07) is 5.77. The van der Waals surface area contributed by atoms with E-state index < -0.39 is 10.0 Å². The third-order valence-corrected chi connectivity index (χ3v) is 7.68. The van der Waals surface area contributed by atoms with E-state index in [0.29, 0.717) is 23.0 Å². The van der Waals surface area contributed by atoms with E-state index in [1.54, 1.807) is 32.4 Å². The summed E-state index contributed by atoms with van der Waals surface area (Å²) >= 11 is 6.17. The summed E-state index contributed by atoms with van der Waals surface area (Å²) in [6.07, 6.45) is 3.94. The third kappa shape index (κ3) is 4.64. The molecule has 1 aliphatic rings. The fourth-order valence-corrected chi connectivity index (χ4v) is 5.96. The predicted octanol–water partition coefficient (Wildman–Crippen LogP) is 4.25. The summed E-state index contributed by atoms with van der Waals surface area (Å²) in [5, 5.41) is 8.44. The summed E-state index contributed by atoms with van der Waals surface area (Å²) < 4.78 is 35.6. The monoisotopic (exact) mass is 487 g/mol. The van der Waals surface area contributed by atoms with Crippen LogP contribution < -0.4 is 10.0 Å². The normalized spacial score (nSPS) is 17.1. The molecule has 0 spiro atoms. The summed E-state index contributed by atoms with van der Waals surface area (Å²) in [5.41, 5.74) is 2.24. The minimum atomic E-state index is -3.90. The number of likely N-dealkylation sites (tertiary alicyclic amines) is 1. The first-order chi connectivity index (χ1) is 14.3. The average molecular weight is 488 g/mol. The van der Waals surface area contributed by atoms with Crippen LogP contribution >= 0.6 is 24.0 Å². The van der Waals surface area contributed by atoms with Crippen LogP contribution in [0.25, 0.3) is 11.0 Å². The molecule has 0 radical (unpaired) electrons. The Morgan fingerprint density at radius 3 is 2.81 bits per heavy atom. The van der Waals surface area contributed by atoms with Gasteiger partial charge < -0.3 is 9.73 Å². The van der Waals surface area contributed by atoms with Crippen LogP contribution in [0.5, 0.6) is 0 Å². The van der Waals surface area contributed by atoms with Gasteiger partial charge in [-0.25, -0.2) is 8.42 Å². The number of fused-ring (bicyclic) bond motifs is 1. The predicted molar refractivity (Wildman–Crippen MR) is 126 cm³/mol. The molecule has 1 unspecified atom stereocenters. The summed E-state index contributed by atoms with van der Waals surface area (Å²) in [6.45, 7) is 6.70. The van der Waals surface area contributed by atoms with Gasteiger partial charge in [0.2, 0.25) is 0 Å². The van der Waals surface area contributed by atoms with E-state index in [1.807, 2.05) is 6.07 Å².